The molecule has 1 heterocycles. The highest BCUT2D eigenvalue weighted by Gasteiger charge is 2.23. The van der Waals surface area contributed by atoms with E-state index in [-0.39, 0.29) is 11.7 Å². The molecule has 0 bridgehead atoms. The van der Waals surface area contributed by atoms with Crippen LogP contribution < -0.4 is 5.32 Å². The third-order valence-electron chi connectivity index (χ3n) is 3.93. The summed E-state index contributed by atoms with van der Waals surface area (Å²) in [6.07, 6.45) is 1.97. The van der Waals surface area contributed by atoms with Crippen LogP contribution >= 0.6 is 11.6 Å². The second-order valence-corrected chi connectivity index (χ2v) is 5.86. The number of nitrogens with zero attached hydrogens (tertiary/aromatic N) is 1. The van der Waals surface area contributed by atoms with Gasteiger partial charge in [-0.05, 0) is 17.7 Å². The zero-order valence-corrected chi connectivity index (χ0v) is 13.9. The average molecular weight is 341 g/mol. The lowest BCUT2D eigenvalue weighted by molar-refractivity contribution is -0.121. The van der Waals surface area contributed by atoms with E-state index in [9.17, 15) is 9.90 Å². The molecule has 0 spiro atoms. The number of hydrogen-bond donors (Lipinski definition) is 2. The van der Waals surface area contributed by atoms with Gasteiger partial charge in [-0.15, -0.1) is 0 Å². The number of hydrogen-bond acceptors (Lipinski definition) is 3. The van der Waals surface area contributed by atoms with Gasteiger partial charge in [-0.2, -0.15) is 0 Å². The number of amides is 1. The molecule has 2 aromatic carbocycles. The second kappa shape index (κ2) is 6.89. The SMILES string of the molecule is CCC(=O)N[C@@H](c1ccccc1Cl)c1ccc2cccnc2c1O. The Morgan fingerprint density at radius 1 is 1.17 bits per heavy atom. The minimum absolute atomic E-state index is 0.0504. The van der Waals surface area contributed by atoms with Crippen molar-refractivity contribution in [2.24, 2.45) is 0 Å². The molecule has 0 unspecified atom stereocenters. The number of aromatic nitrogens is 1. The Kier molecular flexibility index (Phi) is 4.67. The van der Waals surface area contributed by atoms with E-state index < -0.39 is 6.04 Å². The summed E-state index contributed by atoms with van der Waals surface area (Å²) in [5, 5.41) is 15.0. The summed E-state index contributed by atoms with van der Waals surface area (Å²) in [6.45, 7) is 1.78. The molecule has 0 aliphatic rings. The van der Waals surface area contributed by atoms with Crippen molar-refractivity contribution in [2.75, 3.05) is 0 Å². The van der Waals surface area contributed by atoms with E-state index in [4.69, 9.17) is 11.6 Å². The maximum Gasteiger partial charge on any atom is 0.220 e. The fraction of sp³-hybridized carbons (Fsp3) is 0.158. The molecule has 2 N–H and O–H groups in total. The summed E-state index contributed by atoms with van der Waals surface area (Å²) in [6, 6.07) is 14.1. The van der Waals surface area contributed by atoms with Crippen LogP contribution in [0.1, 0.15) is 30.5 Å². The van der Waals surface area contributed by atoms with Crippen LogP contribution in [0.4, 0.5) is 0 Å². The number of carbonyl (C=O) groups excluding carboxylic acids is 1. The molecular weight excluding hydrogens is 324 g/mol. The van der Waals surface area contributed by atoms with Crippen LogP contribution in [0.25, 0.3) is 10.9 Å². The number of phenolic OH excluding ortho intramolecular Hbond substituents is 1. The third kappa shape index (κ3) is 3.05. The van der Waals surface area contributed by atoms with Gasteiger partial charge in [0.2, 0.25) is 5.91 Å². The number of pyridine rings is 1. The number of halogens is 1. The van der Waals surface area contributed by atoms with E-state index in [1.54, 1.807) is 25.3 Å². The van der Waals surface area contributed by atoms with Crippen LogP contribution in [-0.4, -0.2) is 16.0 Å². The molecule has 0 radical (unpaired) electrons. The minimum atomic E-state index is -0.544. The molecule has 0 saturated heterocycles. The Morgan fingerprint density at radius 3 is 2.71 bits per heavy atom. The number of aromatic hydroxyl groups is 1. The molecule has 1 aromatic heterocycles. The molecule has 0 saturated carbocycles. The van der Waals surface area contributed by atoms with Crippen LogP contribution in [0.2, 0.25) is 5.02 Å². The van der Waals surface area contributed by atoms with Crippen LogP contribution in [0.15, 0.2) is 54.7 Å². The van der Waals surface area contributed by atoms with Crippen molar-refractivity contribution in [2.45, 2.75) is 19.4 Å². The van der Waals surface area contributed by atoms with Crippen molar-refractivity contribution >= 4 is 28.4 Å². The summed E-state index contributed by atoms with van der Waals surface area (Å²) < 4.78 is 0. The van der Waals surface area contributed by atoms with Crippen LogP contribution in [-0.2, 0) is 4.79 Å². The van der Waals surface area contributed by atoms with Gasteiger partial charge in [-0.3, -0.25) is 9.78 Å². The van der Waals surface area contributed by atoms with E-state index >= 15 is 0 Å². The van der Waals surface area contributed by atoms with Gasteiger partial charge < -0.3 is 10.4 Å². The van der Waals surface area contributed by atoms with Crippen LogP contribution in [0.5, 0.6) is 5.75 Å². The van der Waals surface area contributed by atoms with Crippen molar-refractivity contribution < 1.29 is 9.90 Å². The molecule has 0 aliphatic carbocycles. The molecule has 3 aromatic rings. The maximum absolute atomic E-state index is 12.0. The van der Waals surface area contributed by atoms with E-state index in [1.807, 2.05) is 36.4 Å². The largest absolute Gasteiger partial charge is 0.505 e. The lowest BCUT2D eigenvalue weighted by Crippen LogP contribution is -2.28. The lowest BCUT2D eigenvalue weighted by atomic mass is 9.96. The van der Waals surface area contributed by atoms with Gasteiger partial charge in [0, 0.05) is 28.6 Å². The quantitative estimate of drug-likeness (QED) is 0.747. The number of rotatable bonds is 4. The van der Waals surface area contributed by atoms with Gasteiger partial charge in [0.05, 0.1) is 6.04 Å². The normalized spacial score (nSPS) is 12.1. The summed E-state index contributed by atoms with van der Waals surface area (Å²) in [7, 11) is 0. The minimum Gasteiger partial charge on any atom is -0.505 e. The van der Waals surface area contributed by atoms with Gasteiger partial charge in [-0.25, -0.2) is 0 Å². The summed E-state index contributed by atoms with van der Waals surface area (Å²) >= 11 is 6.32. The van der Waals surface area contributed by atoms with Gasteiger partial charge in [-0.1, -0.05) is 54.9 Å². The Bertz CT molecular complexity index is 895. The first kappa shape index (κ1) is 16.3. The fourth-order valence-corrected chi connectivity index (χ4v) is 2.92. The van der Waals surface area contributed by atoms with Crippen LogP contribution in [0.3, 0.4) is 0 Å². The van der Waals surface area contributed by atoms with E-state index in [1.165, 1.54) is 0 Å². The second-order valence-electron chi connectivity index (χ2n) is 5.45. The molecule has 0 aliphatic heterocycles. The molecule has 24 heavy (non-hydrogen) atoms. The number of carbonyl (C=O) groups is 1. The topological polar surface area (TPSA) is 62.2 Å². The Hall–Kier alpha value is -2.59. The van der Waals surface area contributed by atoms with E-state index in [2.05, 4.69) is 10.3 Å². The Labute approximate surface area is 145 Å². The molecule has 1 atom stereocenters. The monoisotopic (exact) mass is 340 g/mol. The number of nitrogens with one attached hydrogen (secondary N) is 1. The van der Waals surface area contributed by atoms with Gasteiger partial charge in [0.25, 0.3) is 0 Å². The number of benzene rings is 2. The first-order valence-corrected chi connectivity index (χ1v) is 8.10. The molecule has 122 valence electrons. The predicted octanol–water partition coefficient (Wildman–Crippen LogP) is 4.21. The van der Waals surface area contributed by atoms with Crippen molar-refractivity contribution in [3.05, 3.63) is 70.9 Å². The highest BCUT2D eigenvalue weighted by Crippen LogP contribution is 2.36. The smallest absolute Gasteiger partial charge is 0.220 e. The zero-order valence-electron chi connectivity index (χ0n) is 13.2. The summed E-state index contributed by atoms with van der Waals surface area (Å²) in [4.78, 5) is 16.2. The summed E-state index contributed by atoms with van der Waals surface area (Å²) in [5.41, 5.74) is 1.79. The van der Waals surface area contributed by atoms with Crippen molar-refractivity contribution in [3.63, 3.8) is 0 Å². The third-order valence-corrected chi connectivity index (χ3v) is 4.28. The Balaban J connectivity index is 2.17. The molecule has 3 rings (SSSR count). The van der Waals surface area contributed by atoms with Gasteiger partial charge in [0.1, 0.15) is 11.3 Å². The first-order valence-electron chi connectivity index (χ1n) is 7.72. The van der Waals surface area contributed by atoms with Gasteiger partial charge >= 0.3 is 0 Å². The highest BCUT2D eigenvalue weighted by atomic mass is 35.5. The molecule has 5 heteroatoms. The fourth-order valence-electron chi connectivity index (χ4n) is 2.67. The standard InChI is InChI=1S/C19H17ClN2O2/c1-2-16(23)22-18(13-7-3-4-8-15(13)20)14-10-9-12-6-5-11-21-17(12)19(14)24/h3-11,18,24H,2H2,1H3,(H,22,23)/t18-/m0/s1. The van der Waals surface area contributed by atoms with Crippen molar-refractivity contribution in [3.8, 4) is 5.75 Å². The maximum atomic E-state index is 12.0. The summed E-state index contributed by atoms with van der Waals surface area (Å²) in [5.74, 6) is -0.0742. The van der Waals surface area contributed by atoms with E-state index in [0.29, 0.717) is 22.5 Å². The van der Waals surface area contributed by atoms with Crippen molar-refractivity contribution in [1.82, 2.24) is 10.3 Å². The number of fused-ring (bicyclic) bond motifs is 1. The zero-order chi connectivity index (χ0) is 17.1. The van der Waals surface area contributed by atoms with E-state index in [0.717, 1.165) is 10.9 Å². The first-order chi connectivity index (χ1) is 11.6. The average Bonchev–Trinajstić information content (AvgIpc) is 2.61. The lowest BCUT2D eigenvalue weighted by Gasteiger charge is -2.22. The van der Waals surface area contributed by atoms with Gasteiger partial charge in [0.15, 0.2) is 0 Å². The predicted molar refractivity (Wildman–Crippen MR) is 95.1 cm³/mol. The highest BCUT2D eigenvalue weighted by molar-refractivity contribution is 6.31. The van der Waals surface area contributed by atoms with Crippen LogP contribution in [0, 0.1) is 0 Å². The molecular formula is C19H17ClN2O2. The van der Waals surface area contributed by atoms with Crippen molar-refractivity contribution in [1.29, 1.82) is 0 Å². The Morgan fingerprint density at radius 2 is 1.96 bits per heavy atom. The molecule has 0 fully saturated rings. The molecule has 1 amide bonds. The number of phenols is 1. The molecule has 4 nitrogen and oxygen atoms in total.